The summed E-state index contributed by atoms with van der Waals surface area (Å²) in [5.41, 5.74) is 0.986. The summed E-state index contributed by atoms with van der Waals surface area (Å²) < 4.78 is 5.41. The average Bonchev–Trinajstić information content (AvgIpc) is 2.20. The Morgan fingerprint density at radius 3 is 2.60 bits per heavy atom. The van der Waals surface area contributed by atoms with E-state index in [4.69, 9.17) is 15.1 Å². The van der Waals surface area contributed by atoms with E-state index in [-0.39, 0.29) is 6.10 Å². The fourth-order valence-electron chi connectivity index (χ4n) is 1.14. The van der Waals surface area contributed by atoms with Crippen LogP contribution in [-0.4, -0.2) is 17.8 Å². The van der Waals surface area contributed by atoms with Gasteiger partial charge in [-0.15, -0.1) is 0 Å². The zero-order chi connectivity index (χ0) is 11.1. The molecule has 1 rings (SSSR count). The maximum atomic E-state index is 9.03. The van der Waals surface area contributed by atoms with Gasteiger partial charge in [-0.05, 0) is 24.6 Å². The molecule has 0 fully saturated rings. The Morgan fingerprint density at radius 2 is 2.07 bits per heavy atom. The molecule has 80 valence electrons. The van der Waals surface area contributed by atoms with Gasteiger partial charge in [-0.2, -0.15) is 5.26 Å². The Morgan fingerprint density at radius 1 is 1.40 bits per heavy atom. The molecule has 0 aliphatic carbocycles. The van der Waals surface area contributed by atoms with Gasteiger partial charge in [0.25, 0.3) is 0 Å². The minimum atomic E-state index is -0.331. The number of aliphatic hydroxyl groups excluding tert-OH is 1. The van der Waals surface area contributed by atoms with Crippen LogP contribution in [0.25, 0.3) is 0 Å². The van der Waals surface area contributed by atoms with Gasteiger partial charge in [0.05, 0.1) is 25.2 Å². The molecule has 1 unspecified atom stereocenters. The zero-order valence-corrected chi connectivity index (χ0v) is 8.81. The highest BCUT2D eigenvalue weighted by Gasteiger charge is 1.98. The fourth-order valence-corrected chi connectivity index (χ4v) is 1.14. The normalized spacial score (nSPS) is 11.8. The van der Waals surface area contributed by atoms with E-state index >= 15 is 0 Å². The maximum Gasteiger partial charge on any atom is 0.119 e. The van der Waals surface area contributed by atoms with E-state index < -0.39 is 0 Å². The minimum absolute atomic E-state index is 0.331. The van der Waals surface area contributed by atoms with Crippen molar-refractivity contribution in [1.29, 1.82) is 5.26 Å². The first-order valence-corrected chi connectivity index (χ1v) is 4.99. The number of nitriles is 1. The Kier molecular flexibility index (Phi) is 4.65. The van der Waals surface area contributed by atoms with Gasteiger partial charge in [0.2, 0.25) is 0 Å². The number of hydrogen-bond acceptors (Lipinski definition) is 3. The third-order valence-corrected chi connectivity index (χ3v) is 2.01. The summed E-state index contributed by atoms with van der Waals surface area (Å²) in [5.74, 6) is 0.775. The van der Waals surface area contributed by atoms with Crippen molar-refractivity contribution in [2.45, 2.75) is 25.9 Å². The molecule has 0 aliphatic heterocycles. The second-order valence-electron chi connectivity index (χ2n) is 3.46. The van der Waals surface area contributed by atoms with E-state index in [0.717, 1.165) is 11.3 Å². The van der Waals surface area contributed by atoms with Crippen molar-refractivity contribution in [3.05, 3.63) is 29.8 Å². The van der Waals surface area contributed by atoms with Crippen LogP contribution in [0, 0.1) is 11.3 Å². The van der Waals surface area contributed by atoms with Crippen LogP contribution < -0.4 is 4.74 Å². The average molecular weight is 205 g/mol. The van der Waals surface area contributed by atoms with Gasteiger partial charge in [-0.25, -0.2) is 0 Å². The zero-order valence-electron chi connectivity index (χ0n) is 8.81. The Balaban J connectivity index is 2.40. The topological polar surface area (TPSA) is 53.2 Å². The van der Waals surface area contributed by atoms with Crippen LogP contribution in [0.2, 0.25) is 0 Å². The third kappa shape index (κ3) is 4.48. The van der Waals surface area contributed by atoms with Crippen LogP contribution in [0.3, 0.4) is 0 Å². The Labute approximate surface area is 89.9 Å². The largest absolute Gasteiger partial charge is 0.493 e. The predicted octanol–water partition coefficient (Wildman–Crippen LogP) is 1.90. The highest BCUT2D eigenvalue weighted by Crippen LogP contribution is 2.12. The van der Waals surface area contributed by atoms with E-state index in [0.29, 0.717) is 19.4 Å². The number of hydrogen-bond donors (Lipinski definition) is 1. The SMILES string of the molecule is CC(O)CCOc1ccc(CC#N)cc1. The molecule has 3 nitrogen and oxygen atoms in total. The molecule has 0 radical (unpaired) electrons. The summed E-state index contributed by atoms with van der Waals surface area (Å²) in [4.78, 5) is 0. The molecule has 1 N–H and O–H groups in total. The van der Waals surface area contributed by atoms with Crippen molar-refractivity contribution in [2.24, 2.45) is 0 Å². The maximum absolute atomic E-state index is 9.03. The molecular weight excluding hydrogens is 190 g/mol. The fraction of sp³-hybridized carbons (Fsp3) is 0.417. The van der Waals surface area contributed by atoms with Crippen LogP contribution in [-0.2, 0) is 6.42 Å². The second kappa shape index (κ2) is 6.05. The lowest BCUT2D eigenvalue weighted by Crippen LogP contribution is -2.07. The molecule has 1 aromatic rings. The summed E-state index contributed by atoms with van der Waals surface area (Å²) in [6.45, 7) is 2.24. The summed E-state index contributed by atoms with van der Waals surface area (Å²) in [6.07, 6.45) is 0.719. The molecule has 0 bridgehead atoms. The Hall–Kier alpha value is -1.53. The van der Waals surface area contributed by atoms with Crippen LogP contribution in [0.5, 0.6) is 5.75 Å². The first kappa shape index (κ1) is 11.5. The van der Waals surface area contributed by atoms with E-state index in [1.807, 2.05) is 24.3 Å². The molecule has 0 aromatic heterocycles. The molecule has 0 aliphatic rings. The summed E-state index contributed by atoms with van der Waals surface area (Å²) >= 11 is 0. The van der Waals surface area contributed by atoms with E-state index in [2.05, 4.69) is 6.07 Å². The predicted molar refractivity (Wildman–Crippen MR) is 57.6 cm³/mol. The van der Waals surface area contributed by atoms with Gasteiger partial charge in [-0.1, -0.05) is 12.1 Å². The van der Waals surface area contributed by atoms with Gasteiger partial charge in [0.1, 0.15) is 5.75 Å². The van der Waals surface area contributed by atoms with Crippen molar-refractivity contribution in [2.75, 3.05) is 6.61 Å². The molecule has 0 amide bonds. The van der Waals surface area contributed by atoms with Gasteiger partial charge >= 0.3 is 0 Å². The molecule has 0 spiro atoms. The van der Waals surface area contributed by atoms with Crippen LogP contribution in [0.4, 0.5) is 0 Å². The molecule has 0 saturated heterocycles. The van der Waals surface area contributed by atoms with Crippen LogP contribution in [0.15, 0.2) is 24.3 Å². The first-order chi connectivity index (χ1) is 7.22. The lowest BCUT2D eigenvalue weighted by molar-refractivity contribution is 0.155. The van der Waals surface area contributed by atoms with Gasteiger partial charge < -0.3 is 9.84 Å². The van der Waals surface area contributed by atoms with E-state index in [9.17, 15) is 0 Å². The van der Waals surface area contributed by atoms with Crippen molar-refractivity contribution < 1.29 is 9.84 Å². The van der Waals surface area contributed by atoms with Crippen molar-refractivity contribution in [3.8, 4) is 11.8 Å². The smallest absolute Gasteiger partial charge is 0.119 e. The lowest BCUT2D eigenvalue weighted by atomic mass is 10.2. The molecule has 0 heterocycles. The number of nitrogens with zero attached hydrogens (tertiary/aromatic N) is 1. The molecule has 1 aromatic carbocycles. The van der Waals surface area contributed by atoms with Crippen LogP contribution in [0.1, 0.15) is 18.9 Å². The second-order valence-corrected chi connectivity index (χ2v) is 3.46. The standard InChI is InChI=1S/C12H15NO2/c1-10(14)7-9-15-12-4-2-11(3-5-12)6-8-13/h2-5,10,14H,6-7,9H2,1H3. The van der Waals surface area contributed by atoms with Crippen LogP contribution >= 0.6 is 0 Å². The Bertz CT molecular complexity index is 324. The minimum Gasteiger partial charge on any atom is -0.493 e. The molecule has 1 atom stereocenters. The summed E-state index contributed by atoms with van der Waals surface area (Å²) in [6, 6.07) is 9.52. The van der Waals surface area contributed by atoms with Crippen molar-refractivity contribution in [1.82, 2.24) is 0 Å². The monoisotopic (exact) mass is 205 g/mol. The molecular formula is C12H15NO2. The summed E-state index contributed by atoms with van der Waals surface area (Å²) in [7, 11) is 0. The van der Waals surface area contributed by atoms with E-state index in [1.54, 1.807) is 6.92 Å². The number of benzene rings is 1. The highest BCUT2D eigenvalue weighted by molar-refractivity contribution is 5.28. The van der Waals surface area contributed by atoms with Gasteiger partial charge in [-0.3, -0.25) is 0 Å². The molecule has 3 heteroatoms. The summed E-state index contributed by atoms with van der Waals surface area (Å²) in [5, 5.41) is 17.5. The highest BCUT2D eigenvalue weighted by atomic mass is 16.5. The quantitative estimate of drug-likeness (QED) is 0.798. The molecule has 0 saturated carbocycles. The van der Waals surface area contributed by atoms with Crippen molar-refractivity contribution >= 4 is 0 Å². The van der Waals surface area contributed by atoms with Gasteiger partial charge in [0, 0.05) is 6.42 Å². The number of aliphatic hydroxyl groups is 1. The van der Waals surface area contributed by atoms with E-state index in [1.165, 1.54) is 0 Å². The number of rotatable bonds is 5. The first-order valence-electron chi connectivity index (χ1n) is 4.99. The third-order valence-electron chi connectivity index (χ3n) is 2.01. The lowest BCUT2D eigenvalue weighted by Gasteiger charge is -2.07. The van der Waals surface area contributed by atoms with Gasteiger partial charge in [0.15, 0.2) is 0 Å². The number of ether oxygens (including phenoxy) is 1. The van der Waals surface area contributed by atoms with Crippen molar-refractivity contribution in [3.63, 3.8) is 0 Å². The molecule has 15 heavy (non-hydrogen) atoms.